The van der Waals surface area contributed by atoms with Crippen molar-refractivity contribution in [2.75, 3.05) is 5.32 Å². The van der Waals surface area contributed by atoms with E-state index in [0.717, 1.165) is 20.3 Å². The van der Waals surface area contributed by atoms with Crippen LogP contribution in [-0.2, 0) is 18.4 Å². The van der Waals surface area contributed by atoms with E-state index in [-0.39, 0.29) is 17.6 Å². The summed E-state index contributed by atoms with van der Waals surface area (Å²) in [4.78, 5) is 42.7. The van der Waals surface area contributed by atoms with E-state index in [1.807, 2.05) is 19.1 Å². The van der Waals surface area contributed by atoms with Crippen molar-refractivity contribution in [3.8, 4) is 10.6 Å². The summed E-state index contributed by atoms with van der Waals surface area (Å²) in [6.07, 6.45) is 1.64. The molecular weight excluding hydrogens is 396 g/mol. The monoisotopic (exact) mass is 416 g/mol. The van der Waals surface area contributed by atoms with E-state index in [9.17, 15) is 14.4 Å². The van der Waals surface area contributed by atoms with Gasteiger partial charge in [0.05, 0.1) is 17.1 Å². The second-order valence-electron chi connectivity index (χ2n) is 6.33. The minimum atomic E-state index is -0.312. The lowest BCUT2D eigenvalue weighted by atomic mass is 10.2. The molecule has 0 aliphatic rings. The number of amides is 2. The van der Waals surface area contributed by atoms with Crippen molar-refractivity contribution in [2.45, 2.75) is 27.3 Å². The minimum Gasteiger partial charge on any atom is -0.351 e. The number of hydrogen-bond donors (Lipinski definition) is 2. The number of aryl methyl sites for hydroxylation is 2. The Morgan fingerprint density at radius 3 is 2.57 bits per heavy atom. The number of rotatable bonds is 6. The van der Waals surface area contributed by atoms with E-state index in [2.05, 4.69) is 15.6 Å². The lowest BCUT2D eigenvalue weighted by Gasteiger charge is -2.02. The standard InChI is InChI=1S/C19H20N4O3S2/c1-10(24)13-7-15(23(4)9-13)18(26)22-19-21-17(11(2)27-19)16-6-5-14(28-16)8-20-12(3)25/h5-7,9H,8H2,1-4H3,(H,20,25)(H,21,22,26). The van der Waals surface area contributed by atoms with Gasteiger partial charge in [0.1, 0.15) is 5.69 Å². The van der Waals surface area contributed by atoms with Gasteiger partial charge in [-0.1, -0.05) is 0 Å². The van der Waals surface area contributed by atoms with Gasteiger partial charge in [-0.3, -0.25) is 19.7 Å². The molecule has 0 unspecified atom stereocenters. The molecule has 3 aromatic rings. The Balaban J connectivity index is 1.76. The Kier molecular flexibility index (Phi) is 5.76. The molecule has 0 fully saturated rings. The number of thiophene rings is 1. The van der Waals surface area contributed by atoms with Crippen LogP contribution in [-0.4, -0.2) is 27.1 Å². The summed E-state index contributed by atoms with van der Waals surface area (Å²) >= 11 is 2.95. The van der Waals surface area contributed by atoms with Crippen molar-refractivity contribution in [1.29, 1.82) is 0 Å². The molecule has 0 saturated heterocycles. The molecule has 3 heterocycles. The van der Waals surface area contributed by atoms with E-state index in [1.165, 1.54) is 25.2 Å². The second-order valence-corrected chi connectivity index (χ2v) is 8.71. The van der Waals surface area contributed by atoms with Gasteiger partial charge in [-0.25, -0.2) is 4.98 Å². The first-order valence-electron chi connectivity index (χ1n) is 8.54. The van der Waals surface area contributed by atoms with Gasteiger partial charge in [-0.15, -0.1) is 22.7 Å². The molecule has 3 rings (SSSR count). The van der Waals surface area contributed by atoms with Gasteiger partial charge in [0.25, 0.3) is 5.91 Å². The molecule has 2 N–H and O–H groups in total. The Morgan fingerprint density at radius 2 is 1.93 bits per heavy atom. The molecule has 0 aliphatic carbocycles. The van der Waals surface area contributed by atoms with Crippen molar-refractivity contribution in [1.82, 2.24) is 14.9 Å². The van der Waals surface area contributed by atoms with Gasteiger partial charge in [-0.2, -0.15) is 0 Å². The number of nitrogens with one attached hydrogen (secondary N) is 2. The van der Waals surface area contributed by atoms with E-state index in [0.29, 0.717) is 22.9 Å². The highest BCUT2D eigenvalue weighted by Crippen LogP contribution is 2.34. The van der Waals surface area contributed by atoms with E-state index in [4.69, 9.17) is 0 Å². The summed E-state index contributed by atoms with van der Waals surface area (Å²) in [6, 6.07) is 5.50. The molecule has 0 radical (unpaired) electrons. The number of aromatic nitrogens is 2. The maximum absolute atomic E-state index is 12.6. The molecule has 0 spiro atoms. The molecule has 3 aromatic heterocycles. The lowest BCUT2D eigenvalue weighted by Crippen LogP contribution is -2.17. The fourth-order valence-electron chi connectivity index (χ4n) is 2.63. The van der Waals surface area contributed by atoms with Crippen molar-refractivity contribution in [2.24, 2.45) is 7.05 Å². The first-order chi connectivity index (χ1) is 13.2. The van der Waals surface area contributed by atoms with Gasteiger partial charge >= 0.3 is 0 Å². The maximum atomic E-state index is 12.6. The van der Waals surface area contributed by atoms with Crippen LogP contribution >= 0.6 is 22.7 Å². The summed E-state index contributed by atoms with van der Waals surface area (Å²) < 4.78 is 1.63. The van der Waals surface area contributed by atoms with Gasteiger partial charge in [0.15, 0.2) is 10.9 Å². The van der Waals surface area contributed by atoms with Crippen LogP contribution in [0.25, 0.3) is 10.6 Å². The van der Waals surface area contributed by atoms with E-state index >= 15 is 0 Å². The molecular formula is C19H20N4O3S2. The van der Waals surface area contributed by atoms with Crippen LogP contribution in [0, 0.1) is 6.92 Å². The Bertz CT molecular complexity index is 1060. The number of Topliss-reactive ketones (excluding diaryl/α,β-unsaturated/α-hetero) is 1. The first kappa shape index (κ1) is 20.0. The Morgan fingerprint density at radius 1 is 1.18 bits per heavy atom. The third-order valence-corrected chi connectivity index (χ3v) is 6.05. The highest BCUT2D eigenvalue weighted by molar-refractivity contribution is 7.18. The van der Waals surface area contributed by atoms with Crippen molar-refractivity contribution >= 4 is 45.4 Å². The quantitative estimate of drug-likeness (QED) is 0.601. The molecule has 0 atom stereocenters. The number of anilines is 1. The molecule has 146 valence electrons. The van der Waals surface area contributed by atoms with Crippen LogP contribution in [0.3, 0.4) is 0 Å². The predicted octanol–water partition coefficient (Wildman–Crippen LogP) is 3.61. The smallest absolute Gasteiger partial charge is 0.274 e. The van der Waals surface area contributed by atoms with Gasteiger partial charge in [-0.05, 0) is 32.0 Å². The van der Waals surface area contributed by atoms with Crippen LogP contribution in [0.2, 0.25) is 0 Å². The average Bonchev–Trinajstić information content (AvgIpc) is 3.31. The SMILES string of the molecule is CC(=O)NCc1ccc(-c2nc(NC(=O)c3cc(C(C)=O)cn3C)sc2C)s1. The zero-order valence-electron chi connectivity index (χ0n) is 16.0. The minimum absolute atomic E-state index is 0.0709. The van der Waals surface area contributed by atoms with Gasteiger partial charge in [0, 0.05) is 35.5 Å². The Hall–Kier alpha value is -2.78. The van der Waals surface area contributed by atoms with Gasteiger partial charge in [0.2, 0.25) is 5.91 Å². The van der Waals surface area contributed by atoms with Crippen molar-refractivity contribution in [3.63, 3.8) is 0 Å². The zero-order chi connectivity index (χ0) is 20.4. The molecule has 0 aromatic carbocycles. The average molecular weight is 417 g/mol. The topological polar surface area (TPSA) is 93.1 Å². The van der Waals surface area contributed by atoms with Crippen LogP contribution in [0.4, 0.5) is 5.13 Å². The molecule has 9 heteroatoms. The molecule has 0 saturated carbocycles. The molecule has 0 aliphatic heterocycles. The number of hydrogen-bond acceptors (Lipinski definition) is 6. The number of thiazole rings is 1. The van der Waals surface area contributed by atoms with E-state index in [1.54, 1.807) is 35.2 Å². The Labute approximate surface area is 170 Å². The normalized spacial score (nSPS) is 10.7. The summed E-state index contributed by atoms with van der Waals surface area (Å²) in [5, 5.41) is 6.09. The highest BCUT2D eigenvalue weighted by atomic mass is 32.1. The zero-order valence-corrected chi connectivity index (χ0v) is 17.6. The van der Waals surface area contributed by atoms with E-state index < -0.39 is 0 Å². The van der Waals surface area contributed by atoms with Crippen LogP contribution < -0.4 is 10.6 Å². The summed E-state index contributed by atoms with van der Waals surface area (Å²) in [5.74, 6) is -0.471. The molecule has 28 heavy (non-hydrogen) atoms. The molecule has 0 bridgehead atoms. The van der Waals surface area contributed by atoms with Crippen molar-refractivity contribution in [3.05, 3.63) is 45.4 Å². The maximum Gasteiger partial charge on any atom is 0.274 e. The largest absolute Gasteiger partial charge is 0.351 e. The second kappa shape index (κ2) is 8.07. The number of carbonyl (C=O) groups excluding carboxylic acids is 3. The van der Waals surface area contributed by atoms with Gasteiger partial charge < -0.3 is 9.88 Å². The molecule has 2 amide bonds. The highest BCUT2D eigenvalue weighted by Gasteiger charge is 2.18. The first-order valence-corrected chi connectivity index (χ1v) is 10.2. The lowest BCUT2D eigenvalue weighted by molar-refractivity contribution is -0.119. The summed E-state index contributed by atoms with van der Waals surface area (Å²) in [6.45, 7) is 5.39. The fourth-order valence-corrected chi connectivity index (χ4v) is 4.52. The van der Waals surface area contributed by atoms with Crippen LogP contribution in [0.15, 0.2) is 24.4 Å². The number of nitrogens with zero attached hydrogens (tertiary/aromatic N) is 2. The fraction of sp³-hybridized carbons (Fsp3) is 0.263. The third kappa shape index (κ3) is 4.37. The number of carbonyl (C=O) groups is 3. The van der Waals surface area contributed by atoms with Crippen LogP contribution in [0.1, 0.15) is 44.4 Å². The predicted molar refractivity (Wildman–Crippen MR) is 111 cm³/mol. The summed E-state index contributed by atoms with van der Waals surface area (Å²) in [7, 11) is 1.72. The number of ketones is 1. The third-order valence-electron chi connectivity index (χ3n) is 4.07. The molecule has 7 nitrogen and oxygen atoms in total. The van der Waals surface area contributed by atoms with Crippen molar-refractivity contribution < 1.29 is 14.4 Å². The summed E-state index contributed by atoms with van der Waals surface area (Å²) in [5.41, 5.74) is 1.71. The van der Waals surface area contributed by atoms with Crippen LogP contribution in [0.5, 0.6) is 0 Å².